The number of hydrogen-bond donors (Lipinski definition) is 2. The number of hydrogen-bond acceptors (Lipinski definition) is 6. The van der Waals surface area contributed by atoms with E-state index < -0.39 is 16.3 Å². The number of aliphatic hydroxyl groups excluding tert-OH is 1. The van der Waals surface area contributed by atoms with E-state index in [2.05, 4.69) is 5.32 Å². The summed E-state index contributed by atoms with van der Waals surface area (Å²) < 4.78 is 7.04. The van der Waals surface area contributed by atoms with Gasteiger partial charge in [0.15, 0.2) is 11.4 Å². The van der Waals surface area contributed by atoms with Gasteiger partial charge in [0.2, 0.25) is 12.0 Å². The van der Waals surface area contributed by atoms with Gasteiger partial charge in [-0.3, -0.25) is 19.7 Å². The molecule has 0 saturated heterocycles. The second kappa shape index (κ2) is 10.1. The van der Waals surface area contributed by atoms with Crippen LogP contribution in [0.1, 0.15) is 22.5 Å². The van der Waals surface area contributed by atoms with Crippen LogP contribution < -0.4 is 15.5 Å². The Kier molecular flexibility index (Phi) is 7.50. The summed E-state index contributed by atoms with van der Waals surface area (Å²) in [6.45, 7) is -0.223. The van der Waals surface area contributed by atoms with Gasteiger partial charge in [-0.05, 0) is 5.56 Å². The predicted octanol–water partition coefficient (Wildman–Crippen LogP) is 0.816. The monoisotopic (exact) mass is 375 g/mol. The van der Waals surface area contributed by atoms with E-state index in [-0.39, 0.29) is 50.7 Å². The maximum Gasteiger partial charge on any atom is 0.271 e. The zero-order chi connectivity index (χ0) is 19.6. The van der Waals surface area contributed by atoms with E-state index in [1.54, 1.807) is 0 Å². The van der Waals surface area contributed by atoms with Crippen LogP contribution in [0.3, 0.4) is 0 Å². The number of nitrogens with zero attached hydrogens (tertiary/aromatic N) is 2. The van der Waals surface area contributed by atoms with Gasteiger partial charge in [-0.2, -0.15) is 0 Å². The molecule has 0 fully saturated rings. The molecule has 0 bridgehead atoms. The lowest BCUT2D eigenvalue weighted by atomic mass is 10.2. The van der Waals surface area contributed by atoms with Gasteiger partial charge in [-0.1, -0.05) is 30.3 Å². The molecule has 1 amide bonds. The highest BCUT2D eigenvalue weighted by Gasteiger charge is 2.20. The zero-order valence-electron chi connectivity index (χ0n) is 14.7. The molecule has 0 radical (unpaired) electrons. The Bertz CT molecular complexity index is 835. The van der Waals surface area contributed by atoms with E-state index in [0.717, 1.165) is 5.56 Å². The minimum absolute atomic E-state index is 0.0198. The fraction of sp³-hybridized carbons (Fsp3) is 0.333. The third-order valence-electron chi connectivity index (χ3n) is 3.72. The topological polar surface area (TPSA) is 124 Å². The molecule has 2 aromatic rings. The highest BCUT2D eigenvalue weighted by atomic mass is 16.6. The quantitative estimate of drug-likeness (QED) is 0.360. The SMILES string of the molecule is O=C(NCCC[N+](=O)[O-])c1c(OCc2ccccc2)c(=O)ccn1CCO. The summed E-state index contributed by atoms with van der Waals surface area (Å²) in [6.07, 6.45) is 1.57. The Morgan fingerprint density at radius 2 is 2.00 bits per heavy atom. The Labute approximate surface area is 155 Å². The minimum atomic E-state index is -0.590. The fourth-order valence-electron chi connectivity index (χ4n) is 2.45. The van der Waals surface area contributed by atoms with Crippen LogP contribution in [0.2, 0.25) is 0 Å². The van der Waals surface area contributed by atoms with Crippen molar-refractivity contribution in [2.75, 3.05) is 19.7 Å². The molecule has 1 aromatic carbocycles. The molecule has 9 nitrogen and oxygen atoms in total. The van der Waals surface area contributed by atoms with Crippen LogP contribution in [0.5, 0.6) is 5.75 Å². The van der Waals surface area contributed by atoms with Crippen molar-refractivity contribution in [2.24, 2.45) is 0 Å². The molecule has 144 valence electrons. The van der Waals surface area contributed by atoms with E-state index in [0.29, 0.717) is 0 Å². The van der Waals surface area contributed by atoms with Crippen molar-refractivity contribution in [3.8, 4) is 5.75 Å². The third kappa shape index (κ3) is 5.93. The molecule has 0 saturated carbocycles. The molecular weight excluding hydrogens is 354 g/mol. The molecule has 0 unspecified atom stereocenters. The number of nitro groups is 1. The van der Waals surface area contributed by atoms with Gasteiger partial charge in [0.05, 0.1) is 6.61 Å². The summed E-state index contributed by atoms with van der Waals surface area (Å²) >= 11 is 0. The molecule has 1 aromatic heterocycles. The van der Waals surface area contributed by atoms with Crippen molar-refractivity contribution < 1.29 is 19.6 Å². The number of pyridine rings is 1. The van der Waals surface area contributed by atoms with E-state index in [1.807, 2.05) is 30.3 Å². The lowest BCUT2D eigenvalue weighted by molar-refractivity contribution is -0.480. The van der Waals surface area contributed by atoms with Gasteiger partial charge in [0.1, 0.15) is 6.61 Å². The highest BCUT2D eigenvalue weighted by Crippen LogP contribution is 2.15. The van der Waals surface area contributed by atoms with Gasteiger partial charge in [-0.15, -0.1) is 0 Å². The van der Waals surface area contributed by atoms with Crippen molar-refractivity contribution in [1.29, 1.82) is 0 Å². The van der Waals surface area contributed by atoms with E-state index in [1.165, 1.54) is 16.8 Å². The third-order valence-corrected chi connectivity index (χ3v) is 3.72. The molecule has 0 atom stereocenters. The summed E-state index contributed by atoms with van der Waals surface area (Å²) in [7, 11) is 0. The molecule has 0 spiro atoms. The molecule has 27 heavy (non-hydrogen) atoms. The van der Waals surface area contributed by atoms with Crippen molar-refractivity contribution in [3.63, 3.8) is 0 Å². The smallest absolute Gasteiger partial charge is 0.271 e. The highest BCUT2D eigenvalue weighted by molar-refractivity contribution is 5.95. The first-order chi connectivity index (χ1) is 13.0. The Morgan fingerprint density at radius 1 is 1.26 bits per heavy atom. The van der Waals surface area contributed by atoms with E-state index >= 15 is 0 Å². The summed E-state index contributed by atoms with van der Waals surface area (Å²) in [5.74, 6) is -0.714. The minimum Gasteiger partial charge on any atom is -0.483 e. The number of amides is 1. The maximum absolute atomic E-state index is 12.6. The summed E-state index contributed by atoms with van der Waals surface area (Å²) in [5.41, 5.74) is 0.343. The van der Waals surface area contributed by atoms with Crippen LogP contribution in [-0.4, -0.2) is 40.2 Å². The second-order valence-corrected chi connectivity index (χ2v) is 5.71. The Hall–Kier alpha value is -3.20. The number of rotatable bonds is 10. The van der Waals surface area contributed by atoms with Crippen LogP contribution in [-0.2, 0) is 13.2 Å². The molecule has 0 aliphatic carbocycles. The van der Waals surface area contributed by atoms with Crippen LogP contribution >= 0.6 is 0 Å². The average molecular weight is 375 g/mol. The number of benzene rings is 1. The number of carbonyl (C=O) groups is 1. The number of nitrogens with one attached hydrogen (secondary N) is 1. The summed E-state index contributed by atoms with van der Waals surface area (Å²) in [6, 6.07) is 10.4. The van der Waals surface area contributed by atoms with E-state index in [9.17, 15) is 24.8 Å². The molecule has 1 heterocycles. The number of carbonyl (C=O) groups excluding carboxylic acids is 1. The van der Waals surface area contributed by atoms with Crippen molar-refractivity contribution in [1.82, 2.24) is 9.88 Å². The molecule has 0 aliphatic rings. The van der Waals surface area contributed by atoms with Crippen molar-refractivity contribution in [2.45, 2.75) is 19.6 Å². The van der Waals surface area contributed by atoms with Crippen molar-refractivity contribution >= 4 is 5.91 Å². The first kappa shape index (κ1) is 20.1. The van der Waals surface area contributed by atoms with Gasteiger partial charge in [-0.25, -0.2) is 0 Å². The number of aliphatic hydroxyl groups is 1. The van der Waals surface area contributed by atoms with E-state index in [4.69, 9.17) is 4.74 Å². The lowest BCUT2D eigenvalue weighted by Gasteiger charge is -2.16. The normalized spacial score (nSPS) is 10.4. The second-order valence-electron chi connectivity index (χ2n) is 5.71. The zero-order valence-corrected chi connectivity index (χ0v) is 14.7. The molecular formula is C18H21N3O6. The average Bonchev–Trinajstić information content (AvgIpc) is 2.66. The summed E-state index contributed by atoms with van der Waals surface area (Å²) in [4.78, 5) is 34.7. The fourth-order valence-corrected chi connectivity index (χ4v) is 2.45. The molecule has 9 heteroatoms. The maximum atomic E-state index is 12.6. The molecule has 0 aliphatic heterocycles. The largest absolute Gasteiger partial charge is 0.483 e. The lowest BCUT2D eigenvalue weighted by Crippen LogP contribution is -2.31. The molecule has 2 rings (SSSR count). The molecule has 2 N–H and O–H groups in total. The summed E-state index contributed by atoms with van der Waals surface area (Å²) in [5, 5.41) is 22.1. The standard InChI is InChI=1S/C18H21N3O6/c22-12-11-20-10-7-15(23)17(27-13-14-5-2-1-3-6-14)16(20)18(24)19-8-4-9-21(25)26/h1-3,5-7,10,22H,4,8-9,11-13H2,(H,19,24). The van der Waals surface area contributed by atoms with Gasteiger partial charge < -0.3 is 19.7 Å². The van der Waals surface area contributed by atoms with Gasteiger partial charge in [0, 0.05) is 36.7 Å². The van der Waals surface area contributed by atoms with Crippen LogP contribution in [0.4, 0.5) is 0 Å². The Balaban J connectivity index is 2.22. The first-order valence-corrected chi connectivity index (χ1v) is 8.44. The van der Waals surface area contributed by atoms with Gasteiger partial charge in [0.25, 0.3) is 5.91 Å². The number of ether oxygens (including phenoxy) is 1. The Morgan fingerprint density at radius 3 is 2.67 bits per heavy atom. The number of aromatic nitrogens is 1. The van der Waals surface area contributed by atoms with Crippen LogP contribution in [0.15, 0.2) is 47.4 Å². The predicted molar refractivity (Wildman–Crippen MR) is 97.4 cm³/mol. The van der Waals surface area contributed by atoms with Crippen molar-refractivity contribution in [3.05, 3.63) is 74.2 Å². The first-order valence-electron chi connectivity index (χ1n) is 8.44. The van der Waals surface area contributed by atoms with Crippen LogP contribution in [0, 0.1) is 10.1 Å². The van der Waals surface area contributed by atoms with Crippen LogP contribution in [0.25, 0.3) is 0 Å². The van der Waals surface area contributed by atoms with Gasteiger partial charge >= 0.3 is 0 Å².